The van der Waals surface area contributed by atoms with Crippen LogP contribution in [0.4, 0.5) is 4.79 Å². The number of benzene rings is 1. The highest BCUT2D eigenvalue weighted by Crippen LogP contribution is 2.33. The van der Waals surface area contributed by atoms with Crippen LogP contribution in [0.2, 0.25) is 0 Å². The molecule has 128 valence electrons. The summed E-state index contributed by atoms with van der Waals surface area (Å²) in [6.07, 6.45) is 0.0477. The van der Waals surface area contributed by atoms with Crippen LogP contribution in [0.25, 0.3) is 0 Å². The Kier molecular flexibility index (Phi) is 5.89. The summed E-state index contributed by atoms with van der Waals surface area (Å²) in [6, 6.07) is 9.36. The molecule has 1 amide bonds. The number of nitrogens with zero attached hydrogens (tertiary/aromatic N) is 1. The van der Waals surface area contributed by atoms with Gasteiger partial charge in [0.25, 0.3) is 0 Å². The summed E-state index contributed by atoms with van der Waals surface area (Å²) in [6.45, 7) is 1.08. The van der Waals surface area contributed by atoms with Crippen LogP contribution in [-0.4, -0.2) is 52.0 Å². The summed E-state index contributed by atoms with van der Waals surface area (Å²) in [5, 5.41) is 0. The van der Waals surface area contributed by atoms with Crippen LogP contribution in [0.15, 0.2) is 30.3 Å². The highest BCUT2D eigenvalue weighted by molar-refractivity contribution is 8.13. The Bertz CT molecular complexity index is 637. The van der Waals surface area contributed by atoms with Gasteiger partial charge >= 0.3 is 6.09 Å². The smallest absolute Gasteiger partial charge is 0.410 e. The van der Waals surface area contributed by atoms with E-state index in [-0.39, 0.29) is 25.5 Å². The molecule has 23 heavy (non-hydrogen) atoms. The number of carbonyl (C=O) groups excluding carboxylic acids is 1. The first-order valence-corrected chi connectivity index (χ1v) is 9.68. The zero-order valence-corrected chi connectivity index (χ0v) is 14.5. The Hall–Kier alpha value is -1.31. The number of amides is 1. The van der Waals surface area contributed by atoms with Gasteiger partial charge in [-0.3, -0.25) is 0 Å². The van der Waals surface area contributed by atoms with Crippen LogP contribution in [0, 0.1) is 5.41 Å². The Morgan fingerprint density at radius 3 is 2.65 bits per heavy atom. The lowest BCUT2D eigenvalue weighted by atomic mass is 9.91. The molecule has 1 atom stereocenters. The number of methoxy groups -OCH3 is 1. The molecule has 0 bridgehead atoms. The van der Waals surface area contributed by atoms with Gasteiger partial charge in [0.2, 0.25) is 9.05 Å². The molecule has 8 heteroatoms. The van der Waals surface area contributed by atoms with E-state index in [1.807, 2.05) is 30.3 Å². The number of hydrogen-bond acceptors (Lipinski definition) is 5. The van der Waals surface area contributed by atoms with Crippen LogP contribution in [0.1, 0.15) is 12.0 Å². The van der Waals surface area contributed by atoms with Crippen molar-refractivity contribution in [1.82, 2.24) is 4.90 Å². The van der Waals surface area contributed by atoms with Crippen molar-refractivity contribution in [2.75, 3.05) is 32.6 Å². The zero-order valence-electron chi connectivity index (χ0n) is 12.9. The third kappa shape index (κ3) is 5.37. The maximum absolute atomic E-state index is 12.2. The van der Waals surface area contributed by atoms with E-state index in [0.29, 0.717) is 13.0 Å². The van der Waals surface area contributed by atoms with E-state index < -0.39 is 20.6 Å². The molecule has 0 aromatic heterocycles. The lowest BCUT2D eigenvalue weighted by Crippen LogP contribution is -2.38. The van der Waals surface area contributed by atoms with Crippen molar-refractivity contribution in [3.8, 4) is 0 Å². The first-order chi connectivity index (χ1) is 10.8. The third-order valence-electron chi connectivity index (χ3n) is 3.83. The van der Waals surface area contributed by atoms with Crippen molar-refractivity contribution >= 4 is 25.8 Å². The molecule has 1 aromatic rings. The standard InChI is InChI=1S/C15H20ClNO5S/c1-21-11-15(12-23(16,19)20)7-8-17(10-15)14(18)22-9-13-5-3-2-4-6-13/h2-6H,7-12H2,1H3. The second-order valence-electron chi connectivity index (χ2n) is 5.83. The summed E-state index contributed by atoms with van der Waals surface area (Å²) in [7, 11) is 3.21. The molecular weight excluding hydrogens is 342 g/mol. The molecule has 1 fully saturated rings. The van der Waals surface area contributed by atoms with Gasteiger partial charge in [0.15, 0.2) is 0 Å². The van der Waals surface area contributed by atoms with Gasteiger partial charge in [0, 0.05) is 36.3 Å². The lowest BCUT2D eigenvalue weighted by molar-refractivity contribution is 0.0818. The number of carbonyl (C=O) groups is 1. The van der Waals surface area contributed by atoms with E-state index in [9.17, 15) is 13.2 Å². The van der Waals surface area contributed by atoms with Gasteiger partial charge < -0.3 is 14.4 Å². The molecule has 1 heterocycles. The van der Waals surface area contributed by atoms with Crippen molar-refractivity contribution in [2.24, 2.45) is 5.41 Å². The maximum Gasteiger partial charge on any atom is 0.410 e. The molecule has 1 aliphatic heterocycles. The molecule has 0 spiro atoms. The van der Waals surface area contributed by atoms with E-state index in [0.717, 1.165) is 5.56 Å². The van der Waals surface area contributed by atoms with Gasteiger partial charge in [0.1, 0.15) is 6.61 Å². The minimum absolute atomic E-state index is 0.182. The van der Waals surface area contributed by atoms with Gasteiger partial charge in [-0.25, -0.2) is 13.2 Å². The minimum atomic E-state index is -3.68. The average molecular weight is 362 g/mol. The fraction of sp³-hybridized carbons (Fsp3) is 0.533. The van der Waals surface area contributed by atoms with Crippen molar-refractivity contribution in [3.63, 3.8) is 0 Å². The van der Waals surface area contributed by atoms with Crippen LogP contribution < -0.4 is 0 Å². The van der Waals surface area contributed by atoms with Crippen LogP contribution in [-0.2, 0) is 25.1 Å². The van der Waals surface area contributed by atoms with Gasteiger partial charge in [-0.05, 0) is 12.0 Å². The SMILES string of the molecule is COCC1(CS(=O)(=O)Cl)CCN(C(=O)OCc2ccccc2)C1. The summed E-state index contributed by atoms with van der Waals surface area (Å²) in [5.74, 6) is -0.224. The predicted molar refractivity (Wildman–Crippen MR) is 86.8 cm³/mol. The van der Waals surface area contributed by atoms with Gasteiger partial charge in [-0.15, -0.1) is 0 Å². The Labute approximate surface area is 140 Å². The second kappa shape index (κ2) is 7.51. The van der Waals surface area contributed by atoms with Crippen molar-refractivity contribution in [3.05, 3.63) is 35.9 Å². The number of hydrogen-bond donors (Lipinski definition) is 0. The van der Waals surface area contributed by atoms with Crippen LogP contribution in [0.5, 0.6) is 0 Å². The summed E-state index contributed by atoms with van der Waals surface area (Å²) in [5.41, 5.74) is 0.215. The highest BCUT2D eigenvalue weighted by atomic mass is 35.7. The first kappa shape index (κ1) is 18.0. The molecule has 1 saturated heterocycles. The fourth-order valence-electron chi connectivity index (χ4n) is 2.85. The first-order valence-electron chi connectivity index (χ1n) is 7.20. The van der Waals surface area contributed by atoms with E-state index in [2.05, 4.69) is 0 Å². The van der Waals surface area contributed by atoms with E-state index >= 15 is 0 Å². The quantitative estimate of drug-likeness (QED) is 0.726. The molecule has 1 aliphatic rings. The number of likely N-dealkylation sites (tertiary alicyclic amines) is 1. The number of ether oxygens (including phenoxy) is 2. The summed E-state index contributed by atoms with van der Waals surface area (Å²) in [4.78, 5) is 13.7. The Morgan fingerprint density at radius 2 is 2.04 bits per heavy atom. The molecule has 1 aromatic carbocycles. The fourth-order valence-corrected chi connectivity index (χ4v) is 4.60. The van der Waals surface area contributed by atoms with Crippen molar-refractivity contribution in [1.29, 1.82) is 0 Å². The molecule has 2 rings (SSSR count). The van der Waals surface area contributed by atoms with E-state index in [1.165, 1.54) is 12.0 Å². The van der Waals surface area contributed by atoms with Crippen molar-refractivity contribution in [2.45, 2.75) is 13.0 Å². The van der Waals surface area contributed by atoms with E-state index in [4.69, 9.17) is 20.2 Å². The topological polar surface area (TPSA) is 72.9 Å². The summed E-state index contributed by atoms with van der Waals surface area (Å²) >= 11 is 0. The molecule has 0 saturated carbocycles. The molecule has 6 nitrogen and oxygen atoms in total. The van der Waals surface area contributed by atoms with Crippen molar-refractivity contribution < 1.29 is 22.7 Å². The lowest BCUT2D eigenvalue weighted by Gasteiger charge is -2.26. The molecule has 1 unspecified atom stereocenters. The molecule has 0 N–H and O–H groups in total. The average Bonchev–Trinajstić information content (AvgIpc) is 2.88. The highest BCUT2D eigenvalue weighted by Gasteiger charge is 2.43. The number of halogens is 1. The van der Waals surface area contributed by atoms with Crippen LogP contribution in [0.3, 0.4) is 0 Å². The minimum Gasteiger partial charge on any atom is -0.445 e. The Balaban J connectivity index is 1.95. The Morgan fingerprint density at radius 1 is 1.35 bits per heavy atom. The van der Waals surface area contributed by atoms with Gasteiger partial charge in [0.05, 0.1) is 12.4 Å². The molecule has 0 radical (unpaired) electrons. The molecule has 0 aliphatic carbocycles. The largest absolute Gasteiger partial charge is 0.445 e. The zero-order chi connectivity index (χ0) is 16.9. The van der Waals surface area contributed by atoms with Gasteiger partial charge in [-0.1, -0.05) is 30.3 Å². The summed E-state index contributed by atoms with van der Waals surface area (Å²) < 4.78 is 33.3. The van der Waals surface area contributed by atoms with E-state index in [1.54, 1.807) is 0 Å². The maximum atomic E-state index is 12.2. The molecular formula is C15H20ClNO5S. The predicted octanol–water partition coefficient (Wildman–Crippen LogP) is 2.23. The van der Waals surface area contributed by atoms with Gasteiger partial charge in [-0.2, -0.15) is 0 Å². The second-order valence-corrected chi connectivity index (χ2v) is 8.60. The normalized spacial score (nSPS) is 21.4. The number of rotatable bonds is 6. The third-order valence-corrected chi connectivity index (χ3v) is 5.12. The van der Waals surface area contributed by atoms with Crippen LogP contribution >= 0.6 is 10.7 Å². The monoisotopic (exact) mass is 361 g/mol.